The van der Waals surface area contributed by atoms with Crippen LogP contribution in [0.1, 0.15) is 0 Å². The van der Waals surface area contributed by atoms with Gasteiger partial charge in [0, 0.05) is 0 Å². The van der Waals surface area contributed by atoms with Crippen molar-refractivity contribution in [3.8, 4) is 0 Å². The lowest BCUT2D eigenvalue weighted by molar-refractivity contribution is 0.552. The lowest BCUT2D eigenvalue weighted by Gasteiger charge is -2.08. The molecule has 19 heavy (non-hydrogen) atoms. The number of nitrogens with one attached hydrogen (secondary N) is 2. The van der Waals surface area contributed by atoms with Crippen molar-refractivity contribution in [3.05, 3.63) is 36.5 Å². The third-order valence-corrected chi connectivity index (χ3v) is 4.34. The van der Waals surface area contributed by atoms with Gasteiger partial charge in [0.05, 0.1) is 11.9 Å². The number of aromatic amines is 1. The summed E-state index contributed by atoms with van der Waals surface area (Å²) in [6.45, 7) is 0. The molecule has 0 unspecified atom stereocenters. The van der Waals surface area contributed by atoms with Gasteiger partial charge in [0.25, 0.3) is 10.0 Å². The van der Waals surface area contributed by atoms with Crippen molar-refractivity contribution in [3.63, 3.8) is 0 Å². The van der Waals surface area contributed by atoms with E-state index in [1.807, 2.05) is 4.72 Å². The van der Waals surface area contributed by atoms with Crippen LogP contribution in [0.3, 0.4) is 0 Å². The van der Waals surface area contributed by atoms with Gasteiger partial charge in [0.15, 0.2) is 5.03 Å². The molecule has 102 valence electrons. The SMILES string of the molecule is O=S(=O)(F)c1ccccc1NS(=O)(=O)c1ccn[nH]1. The van der Waals surface area contributed by atoms with E-state index in [-0.39, 0.29) is 10.7 Å². The molecule has 10 heteroatoms. The van der Waals surface area contributed by atoms with Crippen LogP contribution in [0.15, 0.2) is 46.5 Å². The molecule has 0 aliphatic heterocycles. The molecule has 1 aromatic carbocycles. The van der Waals surface area contributed by atoms with E-state index in [0.29, 0.717) is 0 Å². The maximum absolute atomic E-state index is 13.0. The lowest BCUT2D eigenvalue weighted by atomic mass is 10.3. The van der Waals surface area contributed by atoms with Crippen molar-refractivity contribution in [1.82, 2.24) is 10.2 Å². The van der Waals surface area contributed by atoms with Crippen molar-refractivity contribution in [2.45, 2.75) is 9.92 Å². The van der Waals surface area contributed by atoms with Crippen LogP contribution in [0.5, 0.6) is 0 Å². The summed E-state index contributed by atoms with van der Waals surface area (Å²) in [6, 6.07) is 5.93. The molecule has 1 aromatic heterocycles. The predicted octanol–water partition coefficient (Wildman–Crippen LogP) is 0.869. The molecule has 0 spiro atoms. The highest BCUT2D eigenvalue weighted by molar-refractivity contribution is 7.92. The largest absolute Gasteiger partial charge is 0.334 e. The van der Waals surface area contributed by atoms with Gasteiger partial charge in [-0.05, 0) is 18.2 Å². The summed E-state index contributed by atoms with van der Waals surface area (Å²) < 4.78 is 60.5. The smallest absolute Gasteiger partial charge is 0.277 e. The Kier molecular flexibility index (Phi) is 3.28. The molecule has 7 nitrogen and oxygen atoms in total. The Bertz CT molecular complexity index is 785. The maximum Gasteiger partial charge on any atom is 0.334 e. The minimum atomic E-state index is -5.03. The number of halogens is 1. The molecule has 2 rings (SSSR count). The van der Waals surface area contributed by atoms with Crippen molar-refractivity contribution in [1.29, 1.82) is 0 Å². The second-order valence-electron chi connectivity index (χ2n) is 3.46. The highest BCUT2D eigenvalue weighted by Crippen LogP contribution is 2.24. The average Bonchev–Trinajstić information content (AvgIpc) is 2.81. The average molecular weight is 305 g/mol. The number of hydrogen-bond donors (Lipinski definition) is 2. The second kappa shape index (κ2) is 4.63. The molecule has 2 aromatic rings. The molecule has 0 fully saturated rings. The number of nitrogens with zero attached hydrogens (tertiary/aromatic N) is 1. The summed E-state index contributed by atoms with van der Waals surface area (Å²) >= 11 is 0. The number of aromatic nitrogens is 2. The maximum atomic E-state index is 13.0. The van der Waals surface area contributed by atoms with Gasteiger partial charge in [0.2, 0.25) is 0 Å². The molecule has 0 atom stereocenters. The fourth-order valence-corrected chi connectivity index (χ4v) is 3.03. The van der Waals surface area contributed by atoms with E-state index in [2.05, 4.69) is 10.2 Å². The van der Waals surface area contributed by atoms with Gasteiger partial charge < -0.3 is 0 Å². The number of rotatable bonds is 4. The van der Waals surface area contributed by atoms with Crippen LogP contribution in [-0.2, 0) is 20.2 Å². The second-order valence-corrected chi connectivity index (χ2v) is 6.43. The zero-order chi connectivity index (χ0) is 14.1. The Morgan fingerprint density at radius 2 is 1.79 bits per heavy atom. The van der Waals surface area contributed by atoms with Crippen molar-refractivity contribution < 1.29 is 20.7 Å². The van der Waals surface area contributed by atoms with E-state index >= 15 is 0 Å². The summed E-state index contributed by atoms with van der Waals surface area (Å²) in [7, 11) is -9.08. The van der Waals surface area contributed by atoms with Crippen molar-refractivity contribution in [2.75, 3.05) is 4.72 Å². The monoisotopic (exact) mass is 305 g/mol. The first kappa shape index (κ1) is 13.5. The minimum Gasteiger partial charge on any atom is -0.277 e. The normalized spacial score (nSPS) is 12.3. The van der Waals surface area contributed by atoms with E-state index in [4.69, 9.17) is 0 Å². The molecule has 0 radical (unpaired) electrons. The summed E-state index contributed by atoms with van der Waals surface area (Å²) in [5.74, 6) is 0. The number of sulfonamides is 1. The van der Waals surface area contributed by atoms with E-state index in [1.54, 1.807) is 0 Å². The molecule has 0 bridgehead atoms. The molecular formula is C9H8FN3O4S2. The van der Waals surface area contributed by atoms with Gasteiger partial charge >= 0.3 is 10.2 Å². The van der Waals surface area contributed by atoms with Gasteiger partial charge in [-0.3, -0.25) is 9.82 Å². The standard InChI is InChI=1S/C9H8FN3O4S2/c10-18(14,15)8-4-2-1-3-7(8)13-19(16,17)9-5-6-11-12-9/h1-6,13H,(H,11,12). The number of anilines is 1. The third-order valence-electron chi connectivity index (χ3n) is 2.16. The Labute approximate surface area is 108 Å². The first-order valence-corrected chi connectivity index (χ1v) is 7.73. The molecule has 0 saturated heterocycles. The Morgan fingerprint density at radius 1 is 1.11 bits per heavy atom. The van der Waals surface area contributed by atoms with Gasteiger partial charge in [-0.2, -0.15) is 21.9 Å². The number of hydrogen-bond acceptors (Lipinski definition) is 5. The Morgan fingerprint density at radius 3 is 2.37 bits per heavy atom. The quantitative estimate of drug-likeness (QED) is 0.815. The first-order valence-electron chi connectivity index (χ1n) is 4.86. The van der Waals surface area contributed by atoms with Crippen LogP contribution < -0.4 is 4.72 Å². The first-order chi connectivity index (χ1) is 8.81. The zero-order valence-electron chi connectivity index (χ0n) is 9.24. The van der Waals surface area contributed by atoms with Crippen molar-refractivity contribution >= 4 is 25.9 Å². The lowest BCUT2D eigenvalue weighted by Crippen LogP contribution is -2.15. The minimum absolute atomic E-state index is 0.265. The Balaban J connectivity index is 2.46. The van der Waals surface area contributed by atoms with E-state index in [1.165, 1.54) is 24.4 Å². The zero-order valence-corrected chi connectivity index (χ0v) is 10.9. The van der Waals surface area contributed by atoms with Crippen LogP contribution in [-0.4, -0.2) is 27.0 Å². The van der Waals surface area contributed by atoms with E-state index in [9.17, 15) is 20.7 Å². The van der Waals surface area contributed by atoms with Gasteiger partial charge in [-0.15, -0.1) is 3.89 Å². The molecule has 0 aliphatic rings. The topological polar surface area (TPSA) is 109 Å². The summed E-state index contributed by atoms with van der Waals surface area (Å²) in [4.78, 5) is -0.752. The molecular weight excluding hydrogens is 297 g/mol. The summed E-state index contributed by atoms with van der Waals surface area (Å²) in [5, 5.41) is 5.41. The van der Waals surface area contributed by atoms with Crippen LogP contribution in [0, 0.1) is 0 Å². The number of H-pyrrole nitrogens is 1. The number of para-hydroxylation sites is 1. The van der Waals surface area contributed by atoms with Crippen LogP contribution in [0.4, 0.5) is 9.57 Å². The highest BCUT2D eigenvalue weighted by Gasteiger charge is 2.22. The highest BCUT2D eigenvalue weighted by atomic mass is 32.3. The van der Waals surface area contributed by atoms with Crippen LogP contribution >= 0.6 is 0 Å². The molecule has 2 N–H and O–H groups in total. The van der Waals surface area contributed by atoms with Gasteiger partial charge in [-0.1, -0.05) is 12.1 Å². The van der Waals surface area contributed by atoms with Gasteiger partial charge in [0.1, 0.15) is 4.90 Å². The van der Waals surface area contributed by atoms with Crippen LogP contribution in [0.2, 0.25) is 0 Å². The summed E-state index contributed by atoms with van der Waals surface area (Å²) in [5.41, 5.74) is -0.375. The molecule has 0 amide bonds. The molecule has 0 aliphatic carbocycles. The van der Waals surface area contributed by atoms with Crippen molar-refractivity contribution in [2.24, 2.45) is 0 Å². The van der Waals surface area contributed by atoms with E-state index in [0.717, 1.165) is 12.1 Å². The fourth-order valence-electron chi connectivity index (χ4n) is 1.36. The number of benzene rings is 1. The molecule has 1 heterocycles. The summed E-state index contributed by atoms with van der Waals surface area (Å²) in [6.07, 6.45) is 1.21. The van der Waals surface area contributed by atoms with Crippen LogP contribution in [0.25, 0.3) is 0 Å². The third kappa shape index (κ3) is 2.90. The van der Waals surface area contributed by atoms with Gasteiger partial charge in [-0.25, -0.2) is 0 Å². The Hall–Kier alpha value is -1.94. The fraction of sp³-hybridized carbons (Fsp3) is 0. The molecule has 0 saturated carbocycles. The predicted molar refractivity (Wildman–Crippen MR) is 64.1 cm³/mol. The van der Waals surface area contributed by atoms with E-state index < -0.39 is 25.1 Å².